The molecular weight excluding hydrogens is 326 g/mol. The maximum Gasteiger partial charge on any atom is 0.224 e. The van der Waals surface area contributed by atoms with Crippen LogP contribution >= 0.6 is 11.6 Å². The van der Waals surface area contributed by atoms with Crippen molar-refractivity contribution in [2.24, 2.45) is 0 Å². The van der Waals surface area contributed by atoms with E-state index in [2.05, 4.69) is 28.5 Å². The van der Waals surface area contributed by atoms with Crippen LogP contribution in [0.15, 0.2) is 24.8 Å². The zero-order valence-corrected chi connectivity index (χ0v) is 15.0. The smallest absolute Gasteiger partial charge is 0.224 e. The van der Waals surface area contributed by atoms with Crippen LogP contribution in [0.1, 0.15) is 50.9 Å². The summed E-state index contributed by atoms with van der Waals surface area (Å²) in [5.74, 6) is 1.59. The van der Waals surface area contributed by atoms with Gasteiger partial charge in [0.05, 0.1) is 11.2 Å². The number of nitrogens with zero attached hydrogens (tertiary/aromatic N) is 5. The predicted molar refractivity (Wildman–Crippen MR) is 93.0 cm³/mol. The molecule has 24 heavy (non-hydrogen) atoms. The summed E-state index contributed by atoms with van der Waals surface area (Å²) in [5.41, 5.74) is 0. The molecule has 1 saturated heterocycles. The van der Waals surface area contributed by atoms with Crippen LogP contribution in [-0.4, -0.2) is 43.2 Å². The lowest BCUT2D eigenvalue weighted by Crippen LogP contribution is -2.40. The number of carbonyl (C=O) groups is 1. The van der Waals surface area contributed by atoms with Gasteiger partial charge in [0.15, 0.2) is 0 Å². The number of piperidine rings is 1. The van der Waals surface area contributed by atoms with Gasteiger partial charge in [-0.25, -0.2) is 4.98 Å². The number of rotatable bonds is 5. The molecule has 1 fully saturated rings. The fourth-order valence-corrected chi connectivity index (χ4v) is 3.48. The van der Waals surface area contributed by atoms with E-state index in [1.54, 1.807) is 17.1 Å². The quantitative estimate of drug-likeness (QED) is 0.833. The first-order valence-corrected chi connectivity index (χ1v) is 8.91. The lowest BCUT2D eigenvalue weighted by molar-refractivity contribution is -0.132. The highest BCUT2D eigenvalue weighted by atomic mass is 35.5. The minimum Gasteiger partial charge on any atom is -0.342 e. The van der Waals surface area contributed by atoms with Crippen molar-refractivity contribution in [3.05, 3.63) is 35.6 Å². The zero-order chi connectivity index (χ0) is 17.1. The van der Waals surface area contributed by atoms with Crippen molar-refractivity contribution < 1.29 is 4.79 Å². The number of aryl methyl sites for hydroxylation is 1. The van der Waals surface area contributed by atoms with Crippen LogP contribution in [0.25, 0.3) is 0 Å². The van der Waals surface area contributed by atoms with Crippen LogP contribution in [0.3, 0.4) is 0 Å². The summed E-state index contributed by atoms with van der Waals surface area (Å²) in [6.45, 7) is 6.46. The highest BCUT2D eigenvalue weighted by Crippen LogP contribution is 2.27. The van der Waals surface area contributed by atoms with Crippen LogP contribution in [0, 0.1) is 0 Å². The summed E-state index contributed by atoms with van der Waals surface area (Å²) >= 11 is 5.85. The molecule has 3 heterocycles. The lowest BCUT2D eigenvalue weighted by Gasteiger charge is -2.33. The van der Waals surface area contributed by atoms with Gasteiger partial charge in [-0.3, -0.25) is 9.48 Å². The average molecular weight is 350 g/mol. The second-order valence-corrected chi connectivity index (χ2v) is 7.07. The Kier molecular flexibility index (Phi) is 5.23. The summed E-state index contributed by atoms with van der Waals surface area (Å²) in [4.78, 5) is 19.1. The summed E-state index contributed by atoms with van der Waals surface area (Å²) < 4.78 is 3.93. The lowest BCUT2D eigenvalue weighted by atomic mass is 9.96. The molecule has 1 aliphatic heterocycles. The highest BCUT2D eigenvalue weighted by molar-refractivity contribution is 6.30. The van der Waals surface area contributed by atoms with E-state index in [0.29, 0.717) is 29.9 Å². The normalized spacial score (nSPS) is 18.3. The molecule has 1 amide bonds. The van der Waals surface area contributed by atoms with Crippen molar-refractivity contribution in [3.8, 4) is 0 Å². The van der Waals surface area contributed by atoms with Crippen molar-refractivity contribution in [2.75, 3.05) is 13.1 Å². The van der Waals surface area contributed by atoms with E-state index in [-0.39, 0.29) is 5.91 Å². The number of carbonyl (C=O) groups excluding carboxylic acids is 1. The first-order chi connectivity index (χ1) is 11.5. The van der Waals surface area contributed by atoms with E-state index in [1.807, 2.05) is 17.3 Å². The fourth-order valence-electron chi connectivity index (χ4n) is 3.32. The van der Waals surface area contributed by atoms with Crippen LogP contribution in [0.5, 0.6) is 0 Å². The monoisotopic (exact) mass is 349 g/mol. The highest BCUT2D eigenvalue weighted by Gasteiger charge is 2.27. The number of halogens is 1. The van der Waals surface area contributed by atoms with E-state index in [0.717, 1.165) is 31.8 Å². The number of aromatic nitrogens is 4. The number of hydrogen-bond donors (Lipinski definition) is 0. The summed E-state index contributed by atoms with van der Waals surface area (Å²) in [6.07, 6.45) is 9.78. The molecule has 0 N–H and O–H groups in total. The third-order valence-corrected chi connectivity index (χ3v) is 4.75. The molecule has 1 aliphatic rings. The van der Waals surface area contributed by atoms with Crippen molar-refractivity contribution in [3.63, 3.8) is 0 Å². The minimum absolute atomic E-state index is 0.175. The van der Waals surface area contributed by atoms with Gasteiger partial charge >= 0.3 is 0 Å². The first kappa shape index (κ1) is 17.0. The van der Waals surface area contributed by atoms with Gasteiger partial charge in [-0.2, -0.15) is 5.10 Å². The van der Waals surface area contributed by atoms with Crippen LogP contribution in [0.2, 0.25) is 5.02 Å². The van der Waals surface area contributed by atoms with Gasteiger partial charge in [0, 0.05) is 56.6 Å². The molecule has 2 aromatic rings. The molecule has 130 valence electrons. The molecule has 0 aliphatic carbocycles. The average Bonchev–Trinajstić information content (AvgIpc) is 3.21. The van der Waals surface area contributed by atoms with Crippen LogP contribution in [-0.2, 0) is 11.3 Å². The molecule has 0 bridgehead atoms. The largest absolute Gasteiger partial charge is 0.342 e. The number of imidazole rings is 1. The molecule has 1 atom stereocenters. The van der Waals surface area contributed by atoms with E-state index < -0.39 is 0 Å². The Labute approximate surface area is 147 Å². The zero-order valence-electron chi connectivity index (χ0n) is 14.2. The van der Waals surface area contributed by atoms with Gasteiger partial charge in [-0.05, 0) is 26.7 Å². The van der Waals surface area contributed by atoms with Gasteiger partial charge in [0.1, 0.15) is 5.82 Å². The standard InChI is InChI=1S/C17H24ClN5O/c1-13(2)23-9-6-19-17(23)14-4-3-7-21(11-14)16(24)5-8-22-12-15(18)10-20-22/h6,9-10,12-14H,3-5,7-8,11H2,1-2H3. The van der Waals surface area contributed by atoms with E-state index in [4.69, 9.17) is 11.6 Å². The topological polar surface area (TPSA) is 56.0 Å². The van der Waals surface area contributed by atoms with Crippen molar-refractivity contribution in [2.45, 2.75) is 51.6 Å². The molecule has 6 nitrogen and oxygen atoms in total. The maximum atomic E-state index is 12.5. The van der Waals surface area contributed by atoms with Crippen molar-refractivity contribution in [1.82, 2.24) is 24.2 Å². The third-order valence-electron chi connectivity index (χ3n) is 4.55. The number of amides is 1. The van der Waals surface area contributed by atoms with Gasteiger partial charge in [-0.15, -0.1) is 0 Å². The van der Waals surface area contributed by atoms with Crippen LogP contribution < -0.4 is 0 Å². The molecule has 7 heteroatoms. The van der Waals surface area contributed by atoms with E-state index in [9.17, 15) is 4.79 Å². The Morgan fingerprint density at radius 3 is 3.00 bits per heavy atom. The summed E-state index contributed by atoms with van der Waals surface area (Å²) in [6, 6.07) is 0.387. The van der Waals surface area contributed by atoms with Crippen molar-refractivity contribution >= 4 is 17.5 Å². The SMILES string of the molecule is CC(C)n1ccnc1C1CCCN(C(=O)CCn2cc(Cl)cn2)C1. The van der Waals surface area contributed by atoms with Gasteiger partial charge in [-0.1, -0.05) is 11.6 Å². The van der Waals surface area contributed by atoms with Crippen molar-refractivity contribution in [1.29, 1.82) is 0 Å². The Balaban J connectivity index is 1.60. The predicted octanol–water partition coefficient (Wildman–Crippen LogP) is 3.11. The van der Waals surface area contributed by atoms with Gasteiger partial charge in [0.25, 0.3) is 0 Å². The first-order valence-electron chi connectivity index (χ1n) is 8.53. The summed E-state index contributed by atoms with van der Waals surface area (Å²) in [5, 5.41) is 4.72. The van der Waals surface area contributed by atoms with Gasteiger partial charge < -0.3 is 9.47 Å². The number of likely N-dealkylation sites (tertiary alicyclic amines) is 1. The summed E-state index contributed by atoms with van der Waals surface area (Å²) in [7, 11) is 0. The molecule has 0 radical (unpaired) electrons. The van der Waals surface area contributed by atoms with E-state index in [1.165, 1.54) is 0 Å². The molecule has 0 spiro atoms. The Morgan fingerprint density at radius 1 is 1.46 bits per heavy atom. The Bertz CT molecular complexity index is 693. The molecular formula is C17H24ClN5O. The van der Waals surface area contributed by atoms with Gasteiger partial charge in [0.2, 0.25) is 5.91 Å². The van der Waals surface area contributed by atoms with Crippen LogP contribution in [0.4, 0.5) is 0 Å². The second kappa shape index (κ2) is 7.38. The van der Waals surface area contributed by atoms with E-state index >= 15 is 0 Å². The molecule has 1 unspecified atom stereocenters. The number of hydrogen-bond acceptors (Lipinski definition) is 3. The Hall–Kier alpha value is -1.82. The minimum atomic E-state index is 0.175. The third kappa shape index (κ3) is 3.80. The molecule has 2 aromatic heterocycles. The molecule has 0 aromatic carbocycles. The molecule has 3 rings (SSSR count). The maximum absolute atomic E-state index is 12.5. The molecule has 0 saturated carbocycles. The Morgan fingerprint density at radius 2 is 2.29 bits per heavy atom. The second-order valence-electron chi connectivity index (χ2n) is 6.64. The fraction of sp³-hybridized carbons (Fsp3) is 0.588.